The van der Waals surface area contributed by atoms with E-state index in [-0.39, 0.29) is 24.7 Å². The molecule has 194 valence electrons. The number of nitrogens with zero attached hydrogens (tertiary/aromatic N) is 3. The van der Waals surface area contributed by atoms with Gasteiger partial charge in [0.25, 0.3) is 11.8 Å². The number of anilines is 2. The molecule has 3 aromatic rings. The zero-order valence-electron chi connectivity index (χ0n) is 21.8. The van der Waals surface area contributed by atoms with Gasteiger partial charge in [0.2, 0.25) is 0 Å². The topological polar surface area (TPSA) is 65.5 Å². The predicted molar refractivity (Wildman–Crippen MR) is 147 cm³/mol. The van der Waals surface area contributed by atoms with Crippen LogP contribution >= 0.6 is 0 Å². The molecule has 5 rings (SSSR count). The largest absolute Gasteiger partial charge is 0.356 e. The molecule has 2 amide bonds. The van der Waals surface area contributed by atoms with Gasteiger partial charge in [-0.1, -0.05) is 24.1 Å². The second kappa shape index (κ2) is 10.3. The molecular weight excluding hydrogens is 479 g/mol. The number of benzene rings is 2. The van der Waals surface area contributed by atoms with Gasteiger partial charge in [-0.05, 0) is 67.3 Å². The minimum absolute atomic E-state index is 0.164. The quantitative estimate of drug-likeness (QED) is 0.477. The second-order valence-corrected chi connectivity index (χ2v) is 10.2. The van der Waals surface area contributed by atoms with Crippen molar-refractivity contribution in [3.8, 4) is 12.3 Å². The number of carbonyl (C=O) groups is 2. The number of rotatable bonds is 5. The summed E-state index contributed by atoms with van der Waals surface area (Å²) in [5.74, 6) is 2.97. The summed E-state index contributed by atoms with van der Waals surface area (Å²) in [4.78, 5) is 34.7. The highest BCUT2D eigenvalue weighted by Crippen LogP contribution is 2.37. The van der Waals surface area contributed by atoms with Crippen LogP contribution in [-0.2, 0) is 5.67 Å². The summed E-state index contributed by atoms with van der Waals surface area (Å²) in [5.41, 5.74) is 3.00. The first-order chi connectivity index (χ1) is 18.3. The van der Waals surface area contributed by atoms with Gasteiger partial charge in [-0.3, -0.25) is 9.59 Å². The van der Waals surface area contributed by atoms with Crippen molar-refractivity contribution in [3.63, 3.8) is 0 Å². The van der Waals surface area contributed by atoms with Crippen LogP contribution in [0.3, 0.4) is 0 Å². The van der Waals surface area contributed by atoms with E-state index in [2.05, 4.69) is 21.1 Å². The van der Waals surface area contributed by atoms with Gasteiger partial charge in [0, 0.05) is 62.0 Å². The third-order valence-electron chi connectivity index (χ3n) is 7.65. The number of aryl methyl sites for hydroxylation is 2. The molecule has 1 N–H and O–H groups in total. The zero-order chi connectivity index (χ0) is 26.9. The van der Waals surface area contributed by atoms with Gasteiger partial charge in [0.05, 0.1) is 5.56 Å². The van der Waals surface area contributed by atoms with Crippen LogP contribution in [-0.4, -0.2) is 47.9 Å². The van der Waals surface area contributed by atoms with E-state index >= 15 is 4.39 Å². The third kappa shape index (κ3) is 4.99. The molecule has 2 saturated heterocycles. The molecule has 7 heteroatoms. The molecule has 0 bridgehead atoms. The Morgan fingerprint density at radius 1 is 1.00 bits per heavy atom. The molecule has 0 saturated carbocycles. The average molecular weight is 511 g/mol. The molecule has 0 atom stereocenters. The molecular formula is C31H31FN4O2. The smallest absolute Gasteiger partial charge is 0.257 e. The first-order valence-electron chi connectivity index (χ1n) is 13.0. The highest BCUT2D eigenvalue weighted by molar-refractivity contribution is 6.05. The number of nitrogens with one attached hydrogen (secondary N) is 1. The van der Waals surface area contributed by atoms with Crippen molar-refractivity contribution in [1.82, 2.24) is 9.88 Å². The van der Waals surface area contributed by atoms with Gasteiger partial charge in [0.1, 0.15) is 11.5 Å². The maximum atomic E-state index is 15.7. The Balaban J connectivity index is 1.27. The van der Waals surface area contributed by atoms with E-state index in [4.69, 9.17) is 6.42 Å². The molecule has 0 unspecified atom stereocenters. The predicted octanol–water partition coefficient (Wildman–Crippen LogP) is 5.24. The van der Waals surface area contributed by atoms with Crippen LogP contribution in [0.25, 0.3) is 0 Å². The monoisotopic (exact) mass is 510 g/mol. The summed E-state index contributed by atoms with van der Waals surface area (Å²) < 4.78 is 15.7. The van der Waals surface area contributed by atoms with Crippen LogP contribution < -0.4 is 10.2 Å². The van der Waals surface area contributed by atoms with E-state index < -0.39 is 5.67 Å². The fourth-order valence-electron chi connectivity index (χ4n) is 5.05. The summed E-state index contributed by atoms with van der Waals surface area (Å²) in [5, 5.41) is 2.94. The van der Waals surface area contributed by atoms with Crippen molar-refractivity contribution in [2.45, 2.75) is 38.8 Å². The zero-order valence-corrected chi connectivity index (χ0v) is 21.8. The first kappa shape index (κ1) is 25.5. The minimum atomic E-state index is -1.50. The Kier molecular flexibility index (Phi) is 6.90. The molecule has 3 heterocycles. The number of terminal acetylenes is 1. The number of hydrogen-bond donors (Lipinski definition) is 1. The van der Waals surface area contributed by atoms with Crippen LogP contribution in [0.15, 0.2) is 54.7 Å². The number of pyridine rings is 1. The lowest BCUT2D eigenvalue weighted by Gasteiger charge is -2.37. The Labute approximate surface area is 222 Å². The van der Waals surface area contributed by atoms with E-state index in [1.54, 1.807) is 47.5 Å². The maximum absolute atomic E-state index is 15.7. The Bertz CT molecular complexity index is 1400. The van der Waals surface area contributed by atoms with Crippen LogP contribution in [0.4, 0.5) is 15.9 Å². The van der Waals surface area contributed by atoms with Crippen molar-refractivity contribution in [1.29, 1.82) is 0 Å². The summed E-state index contributed by atoms with van der Waals surface area (Å²) >= 11 is 0. The highest BCUT2D eigenvalue weighted by atomic mass is 19.1. The number of carbonyl (C=O) groups excluding carboxylic acids is 2. The molecule has 0 spiro atoms. The molecule has 0 radical (unpaired) electrons. The van der Waals surface area contributed by atoms with Gasteiger partial charge in [-0.2, -0.15) is 0 Å². The second-order valence-electron chi connectivity index (χ2n) is 10.2. The summed E-state index contributed by atoms with van der Waals surface area (Å²) in [7, 11) is 0. The van der Waals surface area contributed by atoms with Crippen molar-refractivity contribution >= 4 is 23.3 Å². The Morgan fingerprint density at radius 2 is 1.71 bits per heavy atom. The number of amides is 2. The number of hydrogen-bond acceptors (Lipinski definition) is 4. The molecule has 1 aromatic heterocycles. The molecule has 6 nitrogen and oxygen atoms in total. The van der Waals surface area contributed by atoms with Crippen molar-refractivity contribution < 1.29 is 14.0 Å². The van der Waals surface area contributed by atoms with Gasteiger partial charge in [-0.25, -0.2) is 9.37 Å². The van der Waals surface area contributed by atoms with Gasteiger partial charge in [0.15, 0.2) is 0 Å². The summed E-state index contributed by atoms with van der Waals surface area (Å²) in [6, 6.07) is 14.2. The number of alkyl halides is 1. The van der Waals surface area contributed by atoms with Crippen LogP contribution in [0.5, 0.6) is 0 Å². The Morgan fingerprint density at radius 3 is 2.29 bits per heavy atom. The van der Waals surface area contributed by atoms with E-state index in [0.29, 0.717) is 41.0 Å². The van der Waals surface area contributed by atoms with Gasteiger partial charge in [-0.15, -0.1) is 6.42 Å². The van der Waals surface area contributed by atoms with Crippen molar-refractivity contribution in [3.05, 3.63) is 88.1 Å². The normalized spacial score (nSPS) is 16.4. The first-order valence-corrected chi connectivity index (χ1v) is 13.0. The fourth-order valence-corrected chi connectivity index (χ4v) is 5.05. The molecule has 38 heavy (non-hydrogen) atoms. The van der Waals surface area contributed by atoms with E-state index in [0.717, 1.165) is 36.5 Å². The number of likely N-dealkylation sites (tertiary alicyclic amines) is 1. The third-order valence-corrected chi connectivity index (χ3v) is 7.65. The SMILES string of the molecule is C#Cc1ccc(C2(F)CCN(C(=O)c3cc(NC(=O)c4ccc(N5CCC5)nc4)c(C)cc3C)CC2)cc1. The van der Waals surface area contributed by atoms with Crippen LogP contribution in [0.1, 0.15) is 62.2 Å². The lowest BCUT2D eigenvalue weighted by Crippen LogP contribution is -2.43. The molecule has 0 aliphatic carbocycles. The minimum Gasteiger partial charge on any atom is -0.356 e. The van der Waals surface area contributed by atoms with E-state index in [1.165, 1.54) is 0 Å². The van der Waals surface area contributed by atoms with E-state index in [1.807, 2.05) is 26.0 Å². The van der Waals surface area contributed by atoms with Crippen LogP contribution in [0.2, 0.25) is 0 Å². The lowest BCUT2D eigenvalue weighted by molar-refractivity contribution is 0.0421. The Hall–Kier alpha value is -4.18. The number of aromatic nitrogens is 1. The molecule has 2 aromatic carbocycles. The summed E-state index contributed by atoms with van der Waals surface area (Å²) in [6.07, 6.45) is 8.57. The fraction of sp³-hybridized carbons (Fsp3) is 0.323. The standard InChI is InChI=1S/C31H31FN4O2/c1-4-23-6-9-25(10-7-23)31(32)12-16-36(17-13-31)30(38)26-19-27(22(3)18-21(26)2)34-29(37)24-8-11-28(33-20-24)35-14-5-15-35/h1,6-11,18-20H,5,12-17H2,2-3H3,(H,34,37). The average Bonchev–Trinajstić information content (AvgIpc) is 2.89. The lowest BCUT2D eigenvalue weighted by atomic mass is 9.85. The number of piperidine rings is 1. The molecule has 2 aliphatic heterocycles. The summed E-state index contributed by atoms with van der Waals surface area (Å²) in [6.45, 7) is 6.35. The highest BCUT2D eigenvalue weighted by Gasteiger charge is 2.38. The van der Waals surface area contributed by atoms with Crippen molar-refractivity contribution in [2.75, 3.05) is 36.4 Å². The number of halogens is 1. The van der Waals surface area contributed by atoms with E-state index in [9.17, 15) is 9.59 Å². The van der Waals surface area contributed by atoms with Crippen LogP contribution in [0, 0.1) is 26.2 Å². The van der Waals surface area contributed by atoms with Crippen molar-refractivity contribution in [2.24, 2.45) is 0 Å². The van der Waals surface area contributed by atoms with Gasteiger partial charge < -0.3 is 15.1 Å². The maximum Gasteiger partial charge on any atom is 0.257 e. The van der Waals surface area contributed by atoms with Gasteiger partial charge >= 0.3 is 0 Å². The molecule has 2 fully saturated rings. The molecule has 2 aliphatic rings.